The van der Waals surface area contributed by atoms with Crippen molar-refractivity contribution < 1.29 is 9.47 Å². The minimum atomic E-state index is 0.389. The number of anilines is 1. The first kappa shape index (κ1) is 10.0. The average molecular weight is 209 g/mol. The number of aromatic nitrogens is 2. The van der Waals surface area contributed by atoms with Crippen LogP contribution in [0.4, 0.5) is 5.69 Å². The SMILES string of the molecule is CCOc1ncnc(OCC2CC2)c1N. The Bertz CT molecular complexity index is 339. The van der Waals surface area contributed by atoms with E-state index in [9.17, 15) is 0 Å². The highest BCUT2D eigenvalue weighted by Crippen LogP contribution is 2.32. The van der Waals surface area contributed by atoms with Crippen molar-refractivity contribution in [2.75, 3.05) is 18.9 Å². The molecular weight excluding hydrogens is 194 g/mol. The summed E-state index contributed by atoms with van der Waals surface area (Å²) in [6, 6.07) is 0. The smallest absolute Gasteiger partial charge is 0.244 e. The van der Waals surface area contributed by atoms with Gasteiger partial charge in [0, 0.05) is 0 Å². The van der Waals surface area contributed by atoms with Crippen molar-refractivity contribution in [3.05, 3.63) is 6.33 Å². The van der Waals surface area contributed by atoms with Crippen LogP contribution in [0.2, 0.25) is 0 Å². The number of nitrogens with two attached hydrogens (primary N) is 1. The molecule has 15 heavy (non-hydrogen) atoms. The zero-order valence-electron chi connectivity index (χ0n) is 8.77. The van der Waals surface area contributed by atoms with Crippen molar-refractivity contribution in [2.24, 2.45) is 5.92 Å². The largest absolute Gasteiger partial charge is 0.476 e. The van der Waals surface area contributed by atoms with E-state index < -0.39 is 0 Å². The number of hydrogen-bond acceptors (Lipinski definition) is 5. The summed E-state index contributed by atoms with van der Waals surface area (Å²) in [4.78, 5) is 7.92. The predicted octanol–water partition coefficient (Wildman–Crippen LogP) is 1.25. The molecule has 1 aliphatic carbocycles. The highest BCUT2D eigenvalue weighted by molar-refractivity contribution is 5.55. The summed E-state index contributed by atoms with van der Waals surface area (Å²) in [7, 11) is 0. The van der Waals surface area contributed by atoms with Crippen LogP contribution >= 0.6 is 0 Å². The molecule has 1 saturated carbocycles. The van der Waals surface area contributed by atoms with Gasteiger partial charge in [0.15, 0.2) is 5.69 Å². The van der Waals surface area contributed by atoms with Gasteiger partial charge < -0.3 is 15.2 Å². The molecule has 0 unspecified atom stereocenters. The molecule has 0 aliphatic heterocycles. The number of nitrogen functional groups attached to an aromatic ring is 1. The first-order chi connectivity index (χ1) is 7.31. The number of rotatable bonds is 5. The molecule has 0 spiro atoms. The fraction of sp³-hybridized carbons (Fsp3) is 0.600. The lowest BCUT2D eigenvalue weighted by atomic mass is 10.4. The van der Waals surface area contributed by atoms with E-state index in [-0.39, 0.29) is 0 Å². The normalized spacial score (nSPS) is 15.0. The van der Waals surface area contributed by atoms with Gasteiger partial charge in [0.1, 0.15) is 6.33 Å². The van der Waals surface area contributed by atoms with E-state index in [0.29, 0.717) is 36.6 Å². The molecule has 0 atom stereocenters. The van der Waals surface area contributed by atoms with Gasteiger partial charge in [0.05, 0.1) is 13.2 Å². The van der Waals surface area contributed by atoms with E-state index in [1.54, 1.807) is 0 Å². The molecule has 0 aromatic carbocycles. The van der Waals surface area contributed by atoms with Crippen molar-refractivity contribution in [3.8, 4) is 11.8 Å². The van der Waals surface area contributed by atoms with E-state index in [2.05, 4.69) is 9.97 Å². The maximum Gasteiger partial charge on any atom is 0.244 e. The van der Waals surface area contributed by atoms with Crippen LogP contribution in [0.25, 0.3) is 0 Å². The van der Waals surface area contributed by atoms with Gasteiger partial charge in [-0.1, -0.05) is 0 Å². The number of ether oxygens (including phenoxy) is 2. The van der Waals surface area contributed by atoms with Crippen LogP contribution in [0.15, 0.2) is 6.33 Å². The van der Waals surface area contributed by atoms with Crippen LogP contribution in [0.3, 0.4) is 0 Å². The van der Waals surface area contributed by atoms with Gasteiger partial charge in [-0.2, -0.15) is 9.97 Å². The standard InChI is InChI=1S/C10H15N3O2/c1-2-14-9-8(11)10(13-6-12-9)15-5-7-3-4-7/h6-7H,2-5,11H2,1H3. The number of nitrogens with zero attached hydrogens (tertiary/aromatic N) is 2. The minimum Gasteiger partial charge on any atom is -0.476 e. The lowest BCUT2D eigenvalue weighted by Crippen LogP contribution is -2.06. The molecule has 5 heteroatoms. The summed E-state index contributed by atoms with van der Waals surface area (Å²) in [5.74, 6) is 1.51. The highest BCUT2D eigenvalue weighted by Gasteiger charge is 2.23. The Hall–Kier alpha value is -1.52. The van der Waals surface area contributed by atoms with Gasteiger partial charge >= 0.3 is 0 Å². The van der Waals surface area contributed by atoms with E-state index in [1.165, 1.54) is 19.2 Å². The summed E-state index contributed by atoms with van der Waals surface area (Å²) in [5.41, 5.74) is 6.19. The molecule has 1 aromatic heterocycles. The second kappa shape index (κ2) is 4.33. The van der Waals surface area contributed by atoms with Gasteiger partial charge in [0.2, 0.25) is 11.8 Å². The van der Waals surface area contributed by atoms with Gasteiger partial charge in [-0.3, -0.25) is 0 Å². The van der Waals surface area contributed by atoms with Gasteiger partial charge in [0.25, 0.3) is 0 Å². The predicted molar refractivity (Wildman–Crippen MR) is 55.8 cm³/mol. The topological polar surface area (TPSA) is 70.3 Å². The molecule has 82 valence electrons. The van der Waals surface area contributed by atoms with Crippen LogP contribution < -0.4 is 15.2 Å². The van der Waals surface area contributed by atoms with Gasteiger partial charge in [-0.25, -0.2) is 0 Å². The summed E-state index contributed by atoms with van der Waals surface area (Å²) >= 11 is 0. The second-order valence-corrected chi connectivity index (χ2v) is 3.59. The maximum atomic E-state index is 5.80. The van der Waals surface area contributed by atoms with E-state index in [0.717, 1.165) is 0 Å². The fourth-order valence-electron chi connectivity index (χ4n) is 1.21. The molecule has 5 nitrogen and oxygen atoms in total. The first-order valence-corrected chi connectivity index (χ1v) is 5.17. The summed E-state index contributed by atoms with van der Waals surface area (Å²) in [6.07, 6.45) is 3.89. The molecule has 0 radical (unpaired) electrons. The molecule has 1 aliphatic rings. The third kappa shape index (κ3) is 2.49. The van der Waals surface area contributed by atoms with Crippen LogP contribution in [-0.2, 0) is 0 Å². The Morgan fingerprint density at radius 3 is 2.60 bits per heavy atom. The van der Waals surface area contributed by atoms with Crippen LogP contribution in [0, 0.1) is 5.92 Å². The molecule has 0 saturated heterocycles. The van der Waals surface area contributed by atoms with Crippen LogP contribution in [-0.4, -0.2) is 23.2 Å². The zero-order valence-corrected chi connectivity index (χ0v) is 8.77. The molecule has 1 heterocycles. The third-order valence-electron chi connectivity index (χ3n) is 2.24. The van der Waals surface area contributed by atoms with Gasteiger partial charge in [-0.05, 0) is 25.7 Å². The summed E-state index contributed by atoms with van der Waals surface area (Å²) in [5, 5.41) is 0. The lowest BCUT2D eigenvalue weighted by Gasteiger charge is -2.09. The Kier molecular flexibility index (Phi) is 2.89. The monoisotopic (exact) mass is 209 g/mol. The fourth-order valence-corrected chi connectivity index (χ4v) is 1.21. The molecule has 1 fully saturated rings. The lowest BCUT2D eigenvalue weighted by molar-refractivity contribution is 0.283. The van der Waals surface area contributed by atoms with Crippen LogP contribution in [0.1, 0.15) is 19.8 Å². The molecular formula is C10H15N3O2. The Labute approximate surface area is 88.6 Å². The van der Waals surface area contributed by atoms with E-state index in [4.69, 9.17) is 15.2 Å². The molecule has 2 N–H and O–H groups in total. The molecule has 1 aromatic rings. The van der Waals surface area contributed by atoms with Crippen molar-refractivity contribution in [2.45, 2.75) is 19.8 Å². The Morgan fingerprint density at radius 1 is 1.33 bits per heavy atom. The molecule has 0 bridgehead atoms. The number of hydrogen-bond donors (Lipinski definition) is 1. The molecule has 2 rings (SSSR count). The van der Waals surface area contributed by atoms with Crippen molar-refractivity contribution in [1.29, 1.82) is 0 Å². The van der Waals surface area contributed by atoms with Crippen molar-refractivity contribution in [3.63, 3.8) is 0 Å². The van der Waals surface area contributed by atoms with Gasteiger partial charge in [-0.15, -0.1) is 0 Å². The average Bonchev–Trinajstić information content (AvgIpc) is 3.03. The van der Waals surface area contributed by atoms with E-state index >= 15 is 0 Å². The highest BCUT2D eigenvalue weighted by atomic mass is 16.5. The van der Waals surface area contributed by atoms with Crippen molar-refractivity contribution in [1.82, 2.24) is 9.97 Å². The minimum absolute atomic E-state index is 0.389. The summed E-state index contributed by atoms with van der Waals surface area (Å²) < 4.78 is 10.7. The van der Waals surface area contributed by atoms with E-state index in [1.807, 2.05) is 6.92 Å². The van der Waals surface area contributed by atoms with Crippen LogP contribution in [0.5, 0.6) is 11.8 Å². The maximum absolute atomic E-state index is 5.80. The summed E-state index contributed by atoms with van der Waals surface area (Å²) in [6.45, 7) is 3.10. The van der Waals surface area contributed by atoms with Crippen molar-refractivity contribution >= 4 is 5.69 Å². The quantitative estimate of drug-likeness (QED) is 0.790. The third-order valence-corrected chi connectivity index (χ3v) is 2.24. The Morgan fingerprint density at radius 2 is 2.00 bits per heavy atom. The second-order valence-electron chi connectivity index (χ2n) is 3.59. The Balaban J connectivity index is 2.04. The molecule has 0 amide bonds. The first-order valence-electron chi connectivity index (χ1n) is 5.17. The zero-order chi connectivity index (χ0) is 10.7.